The van der Waals surface area contributed by atoms with Crippen LogP contribution in [0.25, 0.3) is 0 Å². The maximum absolute atomic E-state index is 13.0. The lowest BCUT2D eigenvalue weighted by atomic mass is 9.78. The van der Waals surface area contributed by atoms with Gasteiger partial charge in [0.1, 0.15) is 0 Å². The molecule has 1 aromatic rings. The van der Waals surface area contributed by atoms with E-state index in [1.165, 1.54) is 44.1 Å². The molecule has 2 unspecified atom stereocenters. The third-order valence-electron chi connectivity index (χ3n) is 5.93. The van der Waals surface area contributed by atoms with Crippen molar-refractivity contribution in [2.75, 3.05) is 32.7 Å². The summed E-state index contributed by atoms with van der Waals surface area (Å²) in [6, 6.07) is 11.0. The van der Waals surface area contributed by atoms with E-state index in [-0.39, 0.29) is 12.4 Å². The number of halogens is 1. The van der Waals surface area contributed by atoms with Gasteiger partial charge >= 0.3 is 0 Å². The molecule has 1 amide bonds. The Morgan fingerprint density at radius 2 is 1.81 bits per heavy atom. The van der Waals surface area contributed by atoms with Gasteiger partial charge in [0.15, 0.2) is 0 Å². The van der Waals surface area contributed by atoms with E-state index in [0.717, 1.165) is 32.0 Å². The standard InChI is InChI=1S/C21H33N3O.ClH/c22-13-16-23(15-12-18-7-2-1-3-8-18)17-21(25)24-14-6-10-19-9-4-5-11-20(19)24;/h1-3,7-8,19-20H,4-6,9-17,22H2;1H. The maximum atomic E-state index is 13.0. The van der Waals surface area contributed by atoms with Crippen LogP contribution in [0, 0.1) is 5.92 Å². The van der Waals surface area contributed by atoms with Gasteiger partial charge in [0.2, 0.25) is 5.91 Å². The number of carbonyl (C=O) groups is 1. The predicted molar refractivity (Wildman–Crippen MR) is 110 cm³/mol. The summed E-state index contributed by atoms with van der Waals surface area (Å²) in [7, 11) is 0. The van der Waals surface area contributed by atoms with Crippen molar-refractivity contribution in [1.82, 2.24) is 9.80 Å². The van der Waals surface area contributed by atoms with Crippen molar-refractivity contribution in [3.63, 3.8) is 0 Å². The van der Waals surface area contributed by atoms with Crippen LogP contribution in [0.15, 0.2) is 30.3 Å². The molecule has 2 aliphatic rings. The third-order valence-corrected chi connectivity index (χ3v) is 5.93. The largest absolute Gasteiger partial charge is 0.338 e. The Bertz CT molecular complexity index is 537. The second kappa shape index (κ2) is 10.9. The molecule has 2 fully saturated rings. The molecule has 2 atom stereocenters. The molecular weight excluding hydrogens is 346 g/mol. The summed E-state index contributed by atoms with van der Waals surface area (Å²) in [5.74, 6) is 1.07. The minimum Gasteiger partial charge on any atom is -0.338 e. The number of carbonyl (C=O) groups excluding carboxylic acids is 1. The fourth-order valence-electron chi connectivity index (χ4n) is 4.60. The number of piperidine rings is 1. The summed E-state index contributed by atoms with van der Waals surface area (Å²) in [5.41, 5.74) is 7.11. The van der Waals surface area contributed by atoms with Crippen molar-refractivity contribution in [2.24, 2.45) is 11.7 Å². The van der Waals surface area contributed by atoms with Crippen molar-refractivity contribution < 1.29 is 4.79 Å². The Labute approximate surface area is 164 Å². The number of nitrogens with zero attached hydrogens (tertiary/aromatic N) is 2. The number of hydrogen-bond donors (Lipinski definition) is 1. The van der Waals surface area contributed by atoms with Gasteiger partial charge < -0.3 is 10.6 Å². The number of benzene rings is 1. The van der Waals surface area contributed by atoms with Gasteiger partial charge in [-0.3, -0.25) is 9.69 Å². The fourth-order valence-corrected chi connectivity index (χ4v) is 4.60. The molecule has 5 heteroatoms. The van der Waals surface area contributed by atoms with E-state index < -0.39 is 0 Å². The molecule has 2 N–H and O–H groups in total. The summed E-state index contributed by atoms with van der Waals surface area (Å²) in [6.45, 7) is 3.77. The topological polar surface area (TPSA) is 49.6 Å². The molecule has 1 saturated heterocycles. The van der Waals surface area contributed by atoms with Gasteiger partial charge in [-0.25, -0.2) is 0 Å². The third kappa shape index (κ3) is 5.70. The highest BCUT2D eigenvalue weighted by Crippen LogP contribution is 2.35. The van der Waals surface area contributed by atoms with E-state index >= 15 is 0 Å². The number of fused-ring (bicyclic) bond motifs is 1. The lowest BCUT2D eigenvalue weighted by Crippen LogP contribution is -2.52. The molecule has 1 saturated carbocycles. The van der Waals surface area contributed by atoms with E-state index in [0.29, 0.717) is 25.0 Å². The molecule has 0 spiro atoms. The molecule has 1 aliphatic carbocycles. The zero-order valence-corrected chi connectivity index (χ0v) is 16.6. The molecule has 0 aromatic heterocycles. The number of hydrogen-bond acceptors (Lipinski definition) is 3. The van der Waals surface area contributed by atoms with Crippen molar-refractivity contribution in [3.8, 4) is 0 Å². The van der Waals surface area contributed by atoms with E-state index in [4.69, 9.17) is 5.73 Å². The smallest absolute Gasteiger partial charge is 0.237 e. The van der Waals surface area contributed by atoms with Gasteiger partial charge in [-0.2, -0.15) is 0 Å². The van der Waals surface area contributed by atoms with Gasteiger partial charge in [0.05, 0.1) is 6.54 Å². The normalized spacial score (nSPS) is 22.6. The van der Waals surface area contributed by atoms with Crippen LogP contribution in [0.2, 0.25) is 0 Å². The molecule has 3 rings (SSSR count). The first-order chi connectivity index (χ1) is 12.3. The van der Waals surface area contributed by atoms with Crippen molar-refractivity contribution in [1.29, 1.82) is 0 Å². The lowest BCUT2D eigenvalue weighted by molar-refractivity contribution is -0.138. The summed E-state index contributed by atoms with van der Waals surface area (Å²) in [6.07, 6.45) is 8.61. The zero-order valence-electron chi connectivity index (χ0n) is 15.8. The highest BCUT2D eigenvalue weighted by Gasteiger charge is 2.35. The monoisotopic (exact) mass is 379 g/mol. The molecular formula is C21H34ClN3O. The average molecular weight is 380 g/mol. The number of rotatable bonds is 7. The van der Waals surface area contributed by atoms with E-state index in [9.17, 15) is 4.79 Å². The SMILES string of the molecule is Cl.NCCN(CCc1ccccc1)CC(=O)N1CCCC2CCCCC21. The van der Waals surface area contributed by atoms with Crippen LogP contribution in [-0.4, -0.2) is 54.5 Å². The summed E-state index contributed by atoms with van der Waals surface area (Å²) in [5, 5.41) is 0. The first kappa shape index (κ1) is 21.2. The Morgan fingerprint density at radius 1 is 1.08 bits per heavy atom. The highest BCUT2D eigenvalue weighted by molar-refractivity contribution is 5.85. The molecule has 0 bridgehead atoms. The Kier molecular flexibility index (Phi) is 8.89. The number of likely N-dealkylation sites (tertiary alicyclic amines) is 1. The first-order valence-electron chi connectivity index (χ1n) is 10.0. The highest BCUT2D eigenvalue weighted by atomic mass is 35.5. The van der Waals surface area contributed by atoms with Crippen molar-refractivity contribution in [2.45, 2.75) is 51.0 Å². The zero-order chi connectivity index (χ0) is 17.5. The fraction of sp³-hybridized carbons (Fsp3) is 0.667. The molecule has 26 heavy (non-hydrogen) atoms. The predicted octanol–water partition coefficient (Wildman–Crippen LogP) is 3.09. The van der Waals surface area contributed by atoms with Crippen LogP contribution >= 0.6 is 12.4 Å². The van der Waals surface area contributed by atoms with Gasteiger partial charge in [-0.05, 0) is 43.6 Å². The van der Waals surface area contributed by atoms with E-state index in [2.05, 4.69) is 34.1 Å². The molecule has 0 radical (unpaired) electrons. The van der Waals surface area contributed by atoms with Crippen LogP contribution in [0.5, 0.6) is 0 Å². The molecule has 146 valence electrons. The van der Waals surface area contributed by atoms with Crippen molar-refractivity contribution >= 4 is 18.3 Å². The Hall–Kier alpha value is -1.10. The minimum atomic E-state index is 0. The van der Waals surface area contributed by atoms with Crippen molar-refractivity contribution in [3.05, 3.63) is 35.9 Å². The van der Waals surface area contributed by atoms with Gasteiger partial charge in [-0.1, -0.05) is 43.2 Å². The Balaban J connectivity index is 0.00000243. The van der Waals surface area contributed by atoms with Gasteiger partial charge in [0.25, 0.3) is 0 Å². The van der Waals surface area contributed by atoms with Crippen LogP contribution in [-0.2, 0) is 11.2 Å². The number of nitrogens with two attached hydrogens (primary N) is 1. The minimum absolute atomic E-state index is 0. The van der Waals surface area contributed by atoms with E-state index in [1.54, 1.807) is 0 Å². The van der Waals surface area contributed by atoms with E-state index in [1.807, 2.05) is 6.07 Å². The van der Waals surface area contributed by atoms with Crippen LogP contribution in [0.4, 0.5) is 0 Å². The van der Waals surface area contributed by atoms with Crippen LogP contribution < -0.4 is 5.73 Å². The molecule has 1 aromatic carbocycles. The average Bonchev–Trinajstić information content (AvgIpc) is 2.66. The Morgan fingerprint density at radius 3 is 2.58 bits per heavy atom. The summed E-state index contributed by atoms with van der Waals surface area (Å²) < 4.78 is 0. The molecule has 1 heterocycles. The number of amides is 1. The maximum Gasteiger partial charge on any atom is 0.237 e. The van der Waals surface area contributed by atoms with Crippen LogP contribution in [0.3, 0.4) is 0 Å². The lowest BCUT2D eigenvalue weighted by Gasteiger charge is -2.44. The quantitative estimate of drug-likeness (QED) is 0.791. The van der Waals surface area contributed by atoms with Gasteiger partial charge in [-0.15, -0.1) is 12.4 Å². The second-order valence-corrected chi connectivity index (χ2v) is 7.64. The van der Waals surface area contributed by atoms with Crippen LogP contribution in [0.1, 0.15) is 44.1 Å². The second-order valence-electron chi connectivity index (χ2n) is 7.64. The summed E-state index contributed by atoms with van der Waals surface area (Å²) in [4.78, 5) is 17.4. The summed E-state index contributed by atoms with van der Waals surface area (Å²) >= 11 is 0. The molecule has 4 nitrogen and oxygen atoms in total. The molecule has 1 aliphatic heterocycles. The van der Waals surface area contributed by atoms with Gasteiger partial charge in [0, 0.05) is 32.2 Å². The first-order valence-corrected chi connectivity index (χ1v) is 10.0.